The maximum Gasteiger partial charge on any atom is 0.286 e. The first-order valence-corrected chi connectivity index (χ1v) is 25.0. The van der Waals surface area contributed by atoms with E-state index in [-0.39, 0.29) is 51.3 Å². The molecule has 0 spiro atoms. The van der Waals surface area contributed by atoms with Gasteiger partial charge in [0, 0.05) is 119 Å². The monoisotopic (exact) mass is 916 g/mol. The number of amides is 2. The average molecular weight is 917 g/mol. The predicted molar refractivity (Wildman–Crippen MR) is 268 cm³/mol. The molecule has 0 bridgehead atoms. The third-order valence-electron chi connectivity index (χ3n) is 10.0. The molecule has 0 radical (unpaired) electrons. The highest BCUT2D eigenvalue weighted by atomic mass is 33.1. The Balaban J connectivity index is 1.37. The van der Waals surface area contributed by atoms with Gasteiger partial charge in [-0.25, -0.2) is 4.99 Å². The summed E-state index contributed by atoms with van der Waals surface area (Å²) >= 11 is 0. The Bertz CT molecular complexity index is 1850. The lowest BCUT2D eigenvalue weighted by molar-refractivity contribution is -0.686. The number of hydrogen-bond acceptors (Lipinski definition) is 10. The minimum atomic E-state index is -0.105. The highest BCUT2D eigenvalue weighted by Crippen LogP contribution is 2.21. The van der Waals surface area contributed by atoms with Gasteiger partial charge < -0.3 is 40.9 Å². The zero-order valence-corrected chi connectivity index (χ0v) is 39.1. The van der Waals surface area contributed by atoms with Crippen molar-refractivity contribution in [3.05, 3.63) is 121 Å². The lowest BCUT2D eigenvalue weighted by atomic mass is 10.1. The lowest BCUT2D eigenvalue weighted by Gasteiger charge is -2.25. The molecule has 1 heterocycles. The number of nitrogens with zero attached hydrogens (tertiary/aromatic N) is 3. The van der Waals surface area contributed by atoms with Crippen molar-refractivity contribution in [3.8, 4) is 0 Å². The van der Waals surface area contributed by atoms with Gasteiger partial charge in [0.25, 0.3) is 11.8 Å². The van der Waals surface area contributed by atoms with Crippen LogP contribution in [0.3, 0.4) is 0 Å². The first-order valence-electron chi connectivity index (χ1n) is 22.6. The van der Waals surface area contributed by atoms with E-state index in [1.807, 2.05) is 65.4 Å². The van der Waals surface area contributed by atoms with Gasteiger partial charge in [0.05, 0.1) is 0 Å². The first kappa shape index (κ1) is 53.6. The van der Waals surface area contributed by atoms with Crippen molar-refractivity contribution in [2.24, 2.45) is 0 Å². The Morgan fingerprint density at radius 2 is 1.12 bits per heavy atom. The fourth-order valence-corrected chi connectivity index (χ4v) is 8.34. The Morgan fingerprint density at radius 3 is 1.62 bits per heavy atom. The van der Waals surface area contributed by atoms with Gasteiger partial charge in [-0.1, -0.05) is 64.6 Å². The van der Waals surface area contributed by atoms with Crippen LogP contribution in [0, 0.1) is 0 Å². The summed E-state index contributed by atoms with van der Waals surface area (Å²) in [5.74, 6) is 1.31. The first-order chi connectivity index (χ1) is 31.4. The number of nitrogens with one attached hydrogen (secondary N) is 3. The fraction of sp³-hybridized carbons (Fsp3) is 0.440. The molecule has 14 heteroatoms. The van der Waals surface area contributed by atoms with Gasteiger partial charge in [-0.3, -0.25) is 9.59 Å². The molecule has 12 nitrogen and oxygen atoms in total. The van der Waals surface area contributed by atoms with Crippen LogP contribution in [0.5, 0.6) is 0 Å². The topological polar surface area (TPSA) is 163 Å². The van der Waals surface area contributed by atoms with E-state index in [1.165, 1.54) is 0 Å². The van der Waals surface area contributed by atoms with E-state index in [0.29, 0.717) is 13.1 Å². The van der Waals surface area contributed by atoms with Crippen molar-refractivity contribution in [3.63, 3.8) is 0 Å². The molecule has 0 atom stereocenters. The molecular formula is C50H72N6O6S2+2. The minimum absolute atomic E-state index is 0.0613. The number of carbonyl (C=O) groups excluding carboxylic acids is 2. The average Bonchev–Trinajstić information content (AvgIpc) is 3.31. The molecule has 0 aliphatic carbocycles. The van der Waals surface area contributed by atoms with E-state index in [9.17, 15) is 30.0 Å². The molecule has 0 fully saturated rings. The number of anilines is 2. The van der Waals surface area contributed by atoms with Crippen molar-refractivity contribution in [2.45, 2.75) is 57.9 Å². The van der Waals surface area contributed by atoms with Gasteiger partial charge in [-0.15, -0.1) is 0 Å². The van der Waals surface area contributed by atoms with Crippen LogP contribution in [0.4, 0.5) is 11.4 Å². The van der Waals surface area contributed by atoms with Crippen molar-refractivity contribution in [2.75, 3.05) is 93.5 Å². The molecule has 0 saturated carbocycles. The quantitative estimate of drug-likeness (QED) is 0.0148. The van der Waals surface area contributed by atoms with E-state index in [1.54, 1.807) is 27.7 Å². The molecule has 7 N–H and O–H groups in total. The van der Waals surface area contributed by atoms with Gasteiger partial charge in [-0.05, 0) is 105 Å². The van der Waals surface area contributed by atoms with Crippen LogP contribution >= 0.6 is 21.6 Å². The predicted octanol–water partition coefficient (Wildman–Crippen LogP) is 4.44. The molecule has 0 aliphatic heterocycles. The molecule has 2 amide bonds. The van der Waals surface area contributed by atoms with E-state index in [4.69, 9.17) is 0 Å². The van der Waals surface area contributed by atoms with E-state index in [0.717, 1.165) is 123 Å². The number of hydrogen-bond donors (Lipinski definition) is 7. The molecule has 0 saturated heterocycles. The number of aliphatic hydroxyl groups excluding tert-OH is 4. The summed E-state index contributed by atoms with van der Waals surface area (Å²) in [6.07, 6.45) is 22.0. The molecule has 1 aromatic heterocycles. The Morgan fingerprint density at radius 1 is 0.625 bits per heavy atom. The molecule has 3 rings (SSSR count). The molecular weight excluding hydrogens is 845 g/mol. The van der Waals surface area contributed by atoms with Crippen molar-refractivity contribution in [1.82, 2.24) is 10.6 Å². The maximum atomic E-state index is 12.8. The number of allylic oxidation sites excluding steroid dienone is 4. The normalized spacial score (nSPS) is 11.8. The second-order valence-electron chi connectivity index (χ2n) is 15.0. The second kappa shape index (κ2) is 34.7. The van der Waals surface area contributed by atoms with Gasteiger partial charge in [-0.2, -0.15) is 4.57 Å². The number of benzene rings is 2. The molecule has 0 aliphatic rings. The summed E-state index contributed by atoms with van der Waals surface area (Å²) < 4.78 is 1.93. The molecule has 2 aromatic carbocycles. The number of unbranched alkanes of at least 4 members (excludes halogenated alkanes) is 4. The van der Waals surface area contributed by atoms with Crippen LogP contribution < -0.4 is 30.0 Å². The third kappa shape index (κ3) is 23.3. The zero-order valence-electron chi connectivity index (χ0n) is 37.5. The summed E-state index contributed by atoms with van der Waals surface area (Å²) in [5.41, 5.74) is 6.00. The highest BCUT2D eigenvalue weighted by molar-refractivity contribution is 8.76. The highest BCUT2D eigenvalue weighted by Gasteiger charge is 2.13. The van der Waals surface area contributed by atoms with Crippen molar-refractivity contribution >= 4 is 68.7 Å². The smallest absolute Gasteiger partial charge is 0.286 e. The molecule has 348 valence electrons. The van der Waals surface area contributed by atoms with Crippen LogP contribution in [0.15, 0.2) is 104 Å². The summed E-state index contributed by atoms with van der Waals surface area (Å²) in [6, 6.07) is 22.5. The summed E-state index contributed by atoms with van der Waals surface area (Å²) in [5, 5.41) is 42.8. The molecule has 3 aromatic rings. The van der Waals surface area contributed by atoms with Gasteiger partial charge in [0.15, 0.2) is 11.9 Å². The maximum absolute atomic E-state index is 12.8. The fourth-order valence-electron chi connectivity index (χ4n) is 6.53. The molecule has 0 unspecified atom stereocenters. The number of carbonyl (C=O) groups is 2. The second-order valence-corrected chi connectivity index (χ2v) is 17.7. The largest absolute Gasteiger partial charge is 0.396 e. The van der Waals surface area contributed by atoms with Crippen LogP contribution in [0.2, 0.25) is 0 Å². The Hall–Kier alpha value is -4.70. The Kier molecular flexibility index (Phi) is 29.1. The van der Waals surface area contributed by atoms with Gasteiger partial charge in [0.2, 0.25) is 18.8 Å². The number of aliphatic hydroxyl groups is 4. The number of rotatable bonds is 35. The van der Waals surface area contributed by atoms with Crippen molar-refractivity contribution in [1.29, 1.82) is 0 Å². The SMILES string of the molecule is C=C/C=C\C(/C=C\c1ccc(N(CCCCO)CCCCO)cc1)=[NH+]CC(=O)NCCSSCCNC(=O)C[n+]1ccccc1/C=C/c1ccc(N(CCCCO)CCCCO)cc1. The Labute approximate surface area is 389 Å². The van der Waals surface area contributed by atoms with E-state index in [2.05, 4.69) is 80.5 Å². The number of aromatic nitrogens is 1. The van der Waals surface area contributed by atoms with Crippen LogP contribution in [0.1, 0.15) is 68.2 Å². The zero-order chi connectivity index (χ0) is 45.9. The van der Waals surface area contributed by atoms with Crippen molar-refractivity contribution < 1.29 is 39.6 Å². The summed E-state index contributed by atoms with van der Waals surface area (Å²) in [4.78, 5) is 33.3. The minimum Gasteiger partial charge on any atom is -0.396 e. The lowest BCUT2D eigenvalue weighted by Crippen LogP contribution is -2.75. The standard InChI is InChI=1S/C50H70N6O6S2/c1-2-3-14-45(22-16-43-18-24-47(25-19-43)54(30-6-10-35-57)31-7-11-36-58)53-41-49(61)51-28-39-63-64-40-29-52-50(62)42-56-34-5-4-15-46(56)23-17-44-20-26-48(27-21-44)55(32-8-12-37-59)33-9-13-38-60/h2-5,14-27,34,57-60H,1,6-13,28-33,35-42H2,(H-,51,52,61,62)/p+2/b14-3-,22-16-,53-45?. The number of pyridine rings is 1. The van der Waals surface area contributed by atoms with Gasteiger partial charge in [0.1, 0.15) is 0 Å². The summed E-state index contributed by atoms with van der Waals surface area (Å²) in [7, 11) is 3.31. The van der Waals surface area contributed by atoms with E-state index < -0.39 is 0 Å². The van der Waals surface area contributed by atoms with Crippen LogP contribution in [0.25, 0.3) is 18.2 Å². The molecule has 64 heavy (non-hydrogen) atoms. The van der Waals surface area contributed by atoms with Crippen LogP contribution in [-0.4, -0.2) is 122 Å². The summed E-state index contributed by atoms with van der Waals surface area (Å²) in [6.45, 7) is 9.35. The van der Waals surface area contributed by atoms with Crippen LogP contribution in [-0.2, 0) is 16.1 Å². The third-order valence-corrected chi connectivity index (χ3v) is 12.4. The van der Waals surface area contributed by atoms with E-state index >= 15 is 0 Å². The van der Waals surface area contributed by atoms with Gasteiger partial charge >= 0.3 is 0 Å².